The van der Waals surface area contributed by atoms with Crippen molar-refractivity contribution >= 4 is 33.4 Å². The first-order chi connectivity index (χ1) is 12.7. The van der Waals surface area contributed by atoms with Gasteiger partial charge in [0.2, 0.25) is 5.78 Å². The Labute approximate surface area is 148 Å². The van der Waals surface area contributed by atoms with Crippen LogP contribution in [0.15, 0.2) is 59.9 Å². The number of nitrogens with zero attached hydrogens (tertiary/aromatic N) is 1. The number of aromatic nitrogens is 2. The predicted octanol–water partition coefficient (Wildman–Crippen LogP) is 3.28. The molecule has 0 saturated carbocycles. The monoisotopic (exact) mass is 344 g/mol. The highest BCUT2D eigenvalue weighted by molar-refractivity contribution is 6.47. The van der Waals surface area contributed by atoms with Gasteiger partial charge in [0.15, 0.2) is 5.84 Å². The fourth-order valence-corrected chi connectivity index (χ4v) is 3.56. The number of hydrogen-bond donors (Lipinski definition) is 4. The van der Waals surface area contributed by atoms with Gasteiger partial charge in [0.25, 0.3) is 0 Å². The van der Waals surface area contributed by atoms with Gasteiger partial charge in [0.05, 0.1) is 18.2 Å². The molecule has 26 heavy (non-hydrogen) atoms. The van der Waals surface area contributed by atoms with Crippen LogP contribution in [0, 0.1) is 0 Å². The quantitative estimate of drug-likeness (QED) is 0.430. The topological polar surface area (TPSA) is 93.3 Å². The van der Waals surface area contributed by atoms with Crippen LogP contribution in [-0.2, 0) is 0 Å². The molecular weight excluding hydrogens is 328 g/mol. The van der Waals surface area contributed by atoms with Gasteiger partial charge in [-0.3, -0.25) is 9.79 Å². The number of ketones is 1. The average molecular weight is 344 g/mol. The van der Waals surface area contributed by atoms with E-state index in [1.165, 1.54) is 0 Å². The molecule has 0 aliphatic carbocycles. The zero-order valence-electron chi connectivity index (χ0n) is 13.8. The molecule has 4 N–H and O–H groups in total. The fourth-order valence-electron chi connectivity index (χ4n) is 3.56. The Kier molecular flexibility index (Phi) is 3.12. The summed E-state index contributed by atoms with van der Waals surface area (Å²) in [6.45, 7) is 0.520. The molecule has 6 nitrogen and oxygen atoms in total. The van der Waals surface area contributed by atoms with Crippen molar-refractivity contribution in [3.63, 3.8) is 0 Å². The summed E-state index contributed by atoms with van der Waals surface area (Å²) in [5.74, 6) is 0.382. The van der Waals surface area contributed by atoms with Crippen LogP contribution >= 0.6 is 0 Å². The van der Waals surface area contributed by atoms with Gasteiger partial charge < -0.3 is 20.4 Å². The van der Waals surface area contributed by atoms with Crippen LogP contribution < -0.4 is 5.32 Å². The minimum Gasteiger partial charge on any atom is -0.508 e. The molecule has 1 unspecified atom stereocenters. The number of Topliss-reactive ketones (excluding diaryl/α,β-unsaturated/α-hetero) is 1. The van der Waals surface area contributed by atoms with Crippen molar-refractivity contribution in [2.24, 2.45) is 4.99 Å². The maximum atomic E-state index is 12.9. The second kappa shape index (κ2) is 5.49. The Morgan fingerprint density at radius 3 is 2.81 bits per heavy atom. The number of benzene rings is 2. The Hall–Kier alpha value is -3.54. The largest absolute Gasteiger partial charge is 0.508 e. The molecule has 0 bridgehead atoms. The first-order valence-corrected chi connectivity index (χ1v) is 8.42. The minimum atomic E-state index is -0.149. The van der Waals surface area contributed by atoms with Crippen molar-refractivity contribution in [1.82, 2.24) is 15.3 Å². The number of fused-ring (bicyclic) bond motifs is 2. The van der Waals surface area contributed by atoms with Gasteiger partial charge in [-0.05, 0) is 18.2 Å². The molecule has 128 valence electrons. The zero-order chi connectivity index (χ0) is 17.7. The number of phenols is 1. The zero-order valence-corrected chi connectivity index (χ0v) is 13.8. The highest BCUT2D eigenvalue weighted by Crippen LogP contribution is 2.28. The van der Waals surface area contributed by atoms with Crippen molar-refractivity contribution in [1.29, 1.82) is 0 Å². The van der Waals surface area contributed by atoms with Gasteiger partial charge >= 0.3 is 0 Å². The van der Waals surface area contributed by atoms with Gasteiger partial charge in [-0.15, -0.1) is 0 Å². The third-order valence-electron chi connectivity index (χ3n) is 4.86. The van der Waals surface area contributed by atoms with Gasteiger partial charge in [0, 0.05) is 45.8 Å². The lowest BCUT2D eigenvalue weighted by molar-refractivity contribution is 0.106. The molecule has 1 aliphatic heterocycles. The number of phenolic OH excluding ortho intramolecular Hbond substituents is 1. The number of para-hydroxylation sites is 1. The number of carbonyl (C=O) groups excluding carboxylic acids is 1. The first kappa shape index (κ1) is 14.8. The van der Waals surface area contributed by atoms with Crippen molar-refractivity contribution in [2.45, 2.75) is 6.04 Å². The van der Waals surface area contributed by atoms with E-state index in [0.29, 0.717) is 17.9 Å². The summed E-state index contributed by atoms with van der Waals surface area (Å²) in [7, 11) is 0. The number of aromatic amines is 2. The number of nitrogens with one attached hydrogen (secondary N) is 3. The van der Waals surface area contributed by atoms with Crippen LogP contribution in [0.1, 0.15) is 22.0 Å². The molecule has 4 aromatic rings. The fraction of sp³-hybridized carbons (Fsp3) is 0.100. The van der Waals surface area contributed by atoms with Crippen molar-refractivity contribution < 1.29 is 9.90 Å². The van der Waals surface area contributed by atoms with Crippen molar-refractivity contribution in [3.05, 3.63) is 66.0 Å². The maximum absolute atomic E-state index is 12.9. The molecule has 5 rings (SSSR count). The highest BCUT2D eigenvalue weighted by Gasteiger charge is 2.27. The second-order valence-corrected chi connectivity index (χ2v) is 6.44. The van der Waals surface area contributed by atoms with Crippen LogP contribution in [0.3, 0.4) is 0 Å². The number of carbonyl (C=O) groups is 1. The highest BCUT2D eigenvalue weighted by atomic mass is 16.3. The van der Waals surface area contributed by atoms with Crippen LogP contribution in [0.5, 0.6) is 5.75 Å². The second-order valence-electron chi connectivity index (χ2n) is 6.44. The molecular formula is C20H16N4O2. The Morgan fingerprint density at radius 2 is 1.88 bits per heavy atom. The van der Waals surface area contributed by atoms with E-state index >= 15 is 0 Å². The predicted molar refractivity (Wildman–Crippen MR) is 101 cm³/mol. The number of rotatable bonds is 3. The summed E-state index contributed by atoms with van der Waals surface area (Å²) in [6, 6.07) is 13.0. The van der Waals surface area contributed by atoms with Crippen LogP contribution in [0.4, 0.5) is 0 Å². The molecule has 0 radical (unpaired) electrons. The standard InChI is InChI=1S/C20H16N4O2/c25-11-5-6-13-15(9-22-17(13)7-11)19(26)20-23-10-18(24-20)14-8-21-16-4-2-1-3-12(14)16/h1-9,18,21-22,25H,10H2,(H,23,24). The van der Waals surface area contributed by atoms with E-state index in [9.17, 15) is 9.90 Å². The summed E-state index contributed by atoms with van der Waals surface area (Å²) >= 11 is 0. The van der Waals surface area contributed by atoms with E-state index in [2.05, 4.69) is 26.3 Å². The van der Waals surface area contributed by atoms with Crippen molar-refractivity contribution in [3.8, 4) is 5.75 Å². The van der Waals surface area contributed by atoms with Gasteiger partial charge in [0.1, 0.15) is 5.75 Å². The van der Waals surface area contributed by atoms with Crippen LogP contribution in [0.25, 0.3) is 21.8 Å². The Bertz CT molecular complexity index is 1180. The summed E-state index contributed by atoms with van der Waals surface area (Å²) < 4.78 is 0. The molecule has 2 aromatic carbocycles. The molecule has 0 amide bonds. The van der Waals surface area contributed by atoms with Gasteiger partial charge in [-0.2, -0.15) is 0 Å². The molecule has 0 fully saturated rings. The van der Waals surface area contributed by atoms with E-state index < -0.39 is 0 Å². The lowest BCUT2D eigenvalue weighted by Crippen LogP contribution is -2.29. The molecule has 2 aromatic heterocycles. The Morgan fingerprint density at radius 1 is 1.04 bits per heavy atom. The van der Waals surface area contributed by atoms with E-state index in [4.69, 9.17) is 0 Å². The SMILES string of the molecule is O=C(C1=NCC(c2c[nH]c3ccccc23)N1)c1c[nH]c2cc(O)ccc12. The molecule has 0 spiro atoms. The number of H-pyrrole nitrogens is 2. The smallest absolute Gasteiger partial charge is 0.229 e. The average Bonchev–Trinajstić information content (AvgIpc) is 3.38. The summed E-state index contributed by atoms with van der Waals surface area (Å²) in [6.07, 6.45) is 3.63. The summed E-state index contributed by atoms with van der Waals surface area (Å²) in [4.78, 5) is 23.6. The number of aliphatic imine (C=N–C) groups is 1. The van der Waals surface area contributed by atoms with Gasteiger partial charge in [-0.1, -0.05) is 18.2 Å². The summed E-state index contributed by atoms with van der Waals surface area (Å²) in [5.41, 5.74) is 3.45. The molecule has 1 atom stereocenters. The number of aromatic hydroxyl groups is 1. The lowest BCUT2D eigenvalue weighted by atomic mass is 10.1. The normalized spacial score (nSPS) is 16.8. The first-order valence-electron chi connectivity index (χ1n) is 8.42. The van der Waals surface area contributed by atoms with Gasteiger partial charge in [-0.25, -0.2) is 0 Å². The molecule has 0 saturated heterocycles. The van der Waals surface area contributed by atoms with E-state index in [0.717, 1.165) is 27.4 Å². The third-order valence-corrected chi connectivity index (χ3v) is 4.86. The lowest BCUT2D eigenvalue weighted by Gasteiger charge is -2.10. The van der Waals surface area contributed by atoms with Crippen LogP contribution in [-0.4, -0.2) is 33.2 Å². The minimum absolute atomic E-state index is 0.0284. The molecule has 1 aliphatic rings. The maximum Gasteiger partial charge on any atom is 0.229 e. The number of amidine groups is 1. The number of hydrogen-bond acceptors (Lipinski definition) is 4. The Balaban J connectivity index is 1.44. The van der Waals surface area contributed by atoms with E-state index in [1.54, 1.807) is 24.4 Å². The summed E-state index contributed by atoms with van der Waals surface area (Å²) in [5, 5.41) is 14.7. The van der Waals surface area contributed by atoms with Crippen LogP contribution in [0.2, 0.25) is 0 Å². The molecule has 3 heterocycles. The third kappa shape index (κ3) is 2.19. The van der Waals surface area contributed by atoms with E-state index in [1.807, 2.05) is 24.4 Å². The van der Waals surface area contributed by atoms with Crippen molar-refractivity contribution in [2.75, 3.05) is 6.54 Å². The molecule has 6 heteroatoms. The van der Waals surface area contributed by atoms with E-state index in [-0.39, 0.29) is 17.6 Å².